The molecule has 3 heteroatoms. The van der Waals surface area contributed by atoms with Gasteiger partial charge in [0.05, 0.1) is 7.11 Å². The lowest BCUT2D eigenvalue weighted by atomic mass is 10.1. The van der Waals surface area contributed by atoms with E-state index in [2.05, 4.69) is 4.74 Å². The highest BCUT2D eigenvalue weighted by atomic mass is 16.5. The normalized spacial score (nSPS) is 9.88. The molecule has 0 fully saturated rings. The molecule has 3 nitrogen and oxygen atoms in total. The third kappa shape index (κ3) is 6.19. The van der Waals surface area contributed by atoms with E-state index in [0.717, 1.165) is 5.56 Å². The highest BCUT2D eigenvalue weighted by Gasteiger charge is 2.14. The van der Waals surface area contributed by atoms with Crippen molar-refractivity contribution in [3.63, 3.8) is 0 Å². The third-order valence-electron chi connectivity index (χ3n) is 1.61. The van der Waals surface area contributed by atoms with Crippen LogP contribution >= 0.6 is 0 Å². The number of nitrogens with two attached hydrogens (primary N) is 1. The summed E-state index contributed by atoms with van der Waals surface area (Å²) in [6, 6.07) is 8.45. The van der Waals surface area contributed by atoms with Crippen molar-refractivity contribution >= 4 is 5.97 Å². The van der Waals surface area contributed by atoms with Crippen molar-refractivity contribution in [3.05, 3.63) is 35.9 Å². The van der Waals surface area contributed by atoms with Crippen LogP contribution in [0.15, 0.2) is 30.3 Å². The fourth-order valence-corrected chi connectivity index (χ4v) is 0.923. The fourth-order valence-electron chi connectivity index (χ4n) is 0.923. The Morgan fingerprint density at radius 2 is 1.56 bits per heavy atom. The first-order valence-corrected chi connectivity index (χ1v) is 5.64. The molecule has 0 aliphatic rings. The smallest absolute Gasteiger partial charge is 0.327 e. The molecule has 1 atom stereocenters. The Bertz CT molecular complexity index is 260. The number of carbonyl (C=O) groups excluding carboxylic acids is 1. The van der Waals surface area contributed by atoms with Crippen LogP contribution in [0.4, 0.5) is 0 Å². The molecule has 0 radical (unpaired) electrons. The lowest BCUT2D eigenvalue weighted by Gasteiger charge is -2.08. The van der Waals surface area contributed by atoms with Crippen LogP contribution in [0.5, 0.6) is 0 Å². The average molecular weight is 225 g/mol. The predicted molar refractivity (Wildman–Crippen MR) is 68.1 cm³/mol. The molecule has 0 aromatic heterocycles. The number of methoxy groups -OCH3 is 1. The Kier molecular flexibility index (Phi) is 12.5. The minimum Gasteiger partial charge on any atom is -0.468 e. The van der Waals surface area contributed by atoms with Crippen LogP contribution in [0.2, 0.25) is 0 Å². The van der Waals surface area contributed by atoms with Crippen LogP contribution in [0.3, 0.4) is 0 Å². The molecule has 0 bridgehead atoms. The van der Waals surface area contributed by atoms with Gasteiger partial charge < -0.3 is 10.5 Å². The first-order chi connectivity index (χ1) is 7.75. The van der Waals surface area contributed by atoms with Gasteiger partial charge in [-0.3, -0.25) is 4.79 Å². The van der Waals surface area contributed by atoms with E-state index in [9.17, 15) is 4.79 Å². The van der Waals surface area contributed by atoms with Gasteiger partial charge >= 0.3 is 5.97 Å². The SMILES string of the molecule is CC.CC.COC(=O)C(N)c1ccccc1. The third-order valence-corrected chi connectivity index (χ3v) is 1.61. The van der Waals surface area contributed by atoms with Crippen molar-refractivity contribution in [1.82, 2.24) is 0 Å². The van der Waals surface area contributed by atoms with Crippen molar-refractivity contribution in [3.8, 4) is 0 Å². The summed E-state index contributed by atoms with van der Waals surface area (Å²) in [7, 11) is 1.32. The molecule has 0 aliphatic carbocycles. The van der Waals surface area contributed by atoms with Crippen molar-refractivity contribution in [2.45, 2.75) is 33.7 Å². The fraction of sp³-hybridized carbons (Fsp3) is 0.462. The highest BCUT2D eigenvalue weighted by molar-refractivity contribution is 5.77. The zero-order chi connectivity index (χ0) is 13.0. The zero-order valence-electron chi connectivity index (χ0n) is 10.9. The first-order valence-electron chi connectivity index (χ1n) is 5.64. The second-order valence-corrected chi connectivity index (χ2v) is 2.41. The van der Waals surface area contributed by atoms with Crippen LogP contribution < -0.4 is 5.73 Å². The van der Waals surface area contributed by atoms with Gasteiger partial charge in [0.25, 0.3) is 0 Å². The van der Waals surface area contributed by atoms with Gasteiger partial charge in [0.15, 0.2) is 0 Å². The van der Waals surface area contributed by atoms with Gasteiger partial charge in [-0.25, -0.2) is 0 Å². The second kappa shape index (κ2) is 11.7. The molecule has 0 aliphatic heterocycles. The maximum atomic E-state index is 11.0. The topological polar surface area (TPSA) is 52.3 Å². The molecular formula is C13H23NO2. The summed E-state index contributed by atoms with van der Waals surface area (Å²) in [4.78, 5) is 11.0. The van der Waals surface area contributed by atoms with Crippen molar-refractivity contribution in [2.24, 2.45) is 5.73 Å². The van der Waals surface area contributed by atoms with E-state index in [1.54, 1.807) is 12.1 Å². The summed E-state index contributed by atoms with van der Waals surface area (Å²) in [6.07, 6.45) is 0. The van der Waals surface area contributed by atoms with E-state index in [0.29, 0.717) is 0 Å². The van der Waals surface area contributed by atoms with Gasteiger partial charge in [-0.05, 0) is 5.56 Å². The molecule has 0 heterocycles. The quantitative estimate of drug-likeness (QED) is 0.787. The molecule has 1 aromatic carbocycles. The average Bonchev–Trinajstić information content (AvgIpc) is 2.42. The molecule has 1 rings (SSSR count). The summed E-state index contributed by atoms with van der Waals surface area (Å²) in [6.45, 7) is 8.00. The van der Waals surface area contributed by atoms with E-state index in [1.165, 1.54) is 7.11 Å². The minimum atomic E-state index is -0.670. The standard InChI is InChI=1S/C9H11NO2.2C2H6/c1-12-9(11)8(10)7-5-3-2-4-6-7;2*1-2/h2-6,8H,10H2,1H3;2*1-2H3. The summed E-state index contributed by atoms with van der Waals surface area (Å²) in [5.41, 5.74) is 6.34. The van der Waals surface area contributed by atoms with E-state index in [1.807, 2.05) is 45.9 Å². The van der Waals surface area contributed by atoms with Gasteiger partial charge in [-0.1, -0.05) is 58.0 Å². The number of ether oxygens (including phenoxy) is 1. The molecular weight excluding hydrogens is 202 g/mol. The molecule has 1 unspecified atom stereocenters. The van der Waals surface area contributed by atoms with Gasteiger partial charge in [0.1, 0.15) is 6.04 Å². The lowest BCUT2D eigenvalue weighted by molar-refractivity contribution is -0.142. The Balaban J connectivity index is 0. The van der Waals surface area contributed by atoms with E-state index < -0.39 is 12.0 Å². The van der Waals surface area contributed by atoms with E-state index in [4.69, 9.17) is 5.73 Å². The van der Waals surface area contributed by atoms with Gasteiger partial charge in [-0.15, -0.1) is 0 Å². The molecule has 0 saturated carbocycles. The summed E-state index contributed by atoms with van der Waals surface area (Å²) in [5.74, 6) is -0.416. The Labute approximate surface area is 98.6 Å². The molecule has 0 amide bonds. The molecule has 16 heavy (non-hydrogen) atoms. The van der Waals surface area contributed by atoms with Crippen molar-refractivity contribution in [1.29, 1.82) is 0 Å². The number of hydrogen-bond donors (Lipinski definition) is 1. The first kappa shape index (κ1) is 17.1. The molecule has 0 saturated heterocycles. The Morgan fingerprint density at radius 1 is 1.12 bits per heavy atom. The van der Waals surface area contributed by atoms with Crippen LogP contribution in [-0.2, 0) is 9.53 Å². The minimum absolute atomic E-state index is 0.416. The van der Waals surface area contributed by atoms with Crippen LogP contribution in [0.25, 0.3) is 0 Å². The number of carbonyl (C=O) groups is 1. The number of rotatable bonds is 2. The van der Waals surface area contributed by atoms with E-state index >= 15 is 0 Å². The largest absolute Gasteiger partial charge is 0.468 e. The number of benzene rings is 1. The molecule has 2 N–H and O–H groups in total. The van der Waals surface area contributed by atoms with Gasteiger partial charge in [0.2, 0.25) is 0 Å². The second-order valence-electron chi connectivity index (χ2n) is 2.41. The monoisotopic (exact) mass is 225 g/mol. The Hall–Kier alpha value is -1.35. The number of esters is 1. The van der Waals surface area contributed by atoms with Crippen molar-refractivity contribution in [2.75, 3.05) is 7.11 Å². The summed E-state index contributed by atoms with van der Waals surface area (Å²) >= 11 is 0. The summed E-state index contributed by atoms with van der Waals surface area (Å²) < 4.78 is 4.50. The van der Waals surface area contributed by atoms with Gasteiger partial charge in [-0.2, -0.15) is 0 Å². The number of hydrogen-bond acceptors (Lipinski definition) is 3. The zero-order valence-corrected chi connectivity index (χ0v) is 10.9. The molecule has 92 valence electrons. The van der Waals surface area contributed by atoms with Crippen LogP contribution in [0, 0.1) is 0 Å². The van der Waals surface area contributed by atoms with Crippen molar-refractivity contribution < 1.29 is 9.53 Å². The molecule has 1 aromatic rings. The summed E-state index contributed by atoms with van der Waals surface area (Å²) in [5, 5.41) is 0. The van der Waals surface area contributed by atoms with Crippen LogP contribution in [-0.4, -0.2) is 13.1 Å². The van der Waals surface area contributed by atoms with Crippen LogP contribution in [0.1, 0.15) is 39.3 Å². The predicted octanol–water partition coefficient (Wildman–Crippen LogP) is 2.91. The maximum Gasteiger partial charge on any atom is 0.327 e. The lowest BCUT2D eigenvalue weighted by Crippen LogP contribution is -2.22. The highest BCUT2D eigenvalue weighted by Crippen LogP contribution is 2.09. The van der Waals surface area contributed by atoms with E-state index in [-0.39, 0.29) is 0 Å². The molecule has 0 spiro atoms. The maximum absolute atomic E-state index is 11.0. The van der Waals surface area contributed by atoms with Gasteiger partial charge in [0, 0.05) is 0 Å². The Morgan fingerprint density at radius 3 is 1.94 bits per heavy atom.